The van der Waals surface area contributed by atoms with Crippen LogP contribution in [-0.2, 0) is 0 Å². The Morgan fingerprint density at radius 1 is 0.944 bits per heavy atom. The van der Waals surface area contributed by atoms with Crippen LogP contribution >= 0.6 is 0 Å². The van der Waals surface area contributed by atoms with Gasteiger partial charge in [-0.2, -0.15) is 13.2 Å². The van der Waals surface area contributed by atoms with Crippen molar-refractivity contribution in [3.05, 3.63) is 43.2 Å². The van der Waals surface area contributed by atoms with Crippen molar-refractivity contribution in [1.29, 1.82) is 0 Å². The van der Waals surface area contributed by atoms with Crippen LogP contribution < -0.4 is 0 Å². The fourth-order valence-corrected chi connectivity index (χ4v) is 1.15. The maximum Gasteiger partial charge on any atom is 0.348 e. The van der Waals surface area contributed by atoms with Gasteiger partial charge in [0.05, 0.1) is 9.85 Å². The Morgan fingerprint density at radius 2 is 1.28 bits per heavy atom. The molecule has 0 saturated carbocycles. The number of nitro groups is 2. The Kier molecular flexibility index (Phi) is 3.17. The van der Waals surface area contributed by atoms with Gasteiger partial charge in [0.2, 0.25) is 11.6 Å². The summed E-state index contributed by atoms with van der Waals surface area (Å²) >= 11 is 0. The third kappa shape index (κ3) is 1.81. The molecule has 0 fully saturated rings. The van der Waals surface area contributed by atoms with Crippen molar-refractivity contribution < 1.29 is 32.9 Å². The third-order valence-electron chi connectivity index (χ3n) is 1.85. The predicted molar refractivity (Wildman–Crippen MR) is 46.6 cm³/mol. The highest BCUT2D eigenvalue weighted by molar-refractivity contribution is 5.90. The van der Waals surface area contributed by atoms with E-state index in [-0.39, 0.29) is 0 Å². The van der Waals surface area contributed by atoms with Crippen LogP contribution in [0.2, 0.25) is 0 Å². The zero-order chi connectivity index (χ0) is 14.2. The molecule has 1 aromatic carbocycles. The summed E-state index contributed by atoms with van der Waals surface area (Å²) in [6.07, 6.45) is 0. The lowest BCUT2D eigenvalue weighted by Crippen LogP contribution is -2.13. The van der Waals surface area contributed by atoms with Crippen molar-refractivity contribution in [2.24, 2.45) is 0 Å². The fraction of sp³-hybridized carbons (Fsp3) is 0. The van der Waals surface area contributed by atoms with Crippen LogP contribution in [0, 0.1) is 37.7 Å². The van der Waals surface area contributed by atoms with Crippen LogP contribution in [-0.4, -0.2) is 20.9 Å². The highest BCUT2D eigenvalue weighted by atomic mass is 19.1. The molecular weight excluding hydrogens is 265 g/mol. The first kappa shape index (κ1) is 13.3. The first-order valence-electron chi connectivity index (χ1n) is 3.92. The first-order chi connectivity index (χ1) is 8.20. The van der Waals surface area contributed by atoms with Crippen LogP contribution in [0.1, 0.15) is 10.4 Å². The summed E-state index contributed by atoms with van der Waals surface area (Å²) in [6, 6.07) is 0. The summed E-state index contributed by atoms with van der Waals surface area (Å²) in [4.78, 5) is 27.6. The maximum absolute atomic E-state index is 13.2. The van der Waals surface area contributed by atoms with Crippen molar-refractivity contribution >= 4 is 17.3 Å². The molecule has 0 bridgehead atoms. The third-order valence-corrected chi connectivity index (χ3v) is 1.85. The monoisotopic (exact) mass is 266 g/mol. The zero-order valence-corrected chi connectivity index (χ0v) is 8.02. The Hall–Kier alpha value is -2.72. The summed E-state index contributed by atoms with van der Waals surface area (Å²) in [5.74, 6) is -9.37. The van der Waals surface area contributed by atoms with E-state index in [0.29, 0.717) is 0 Å². The second-order valence-electron chi connectivity index (χ2n) is 2.83. The van der Waals surface area contributed by atoms with Gasteiger partial charge in [-0.1, -0.05) is 0 Å². The Balaban J connectivity index is 3.94. The molecule has 0 aliphatic carbocycles. The fourth-order valence-electron chi connectivity index (χ4n) is 1.15. The van der Waals surface area contributed by atoms with Gasteiger partial charge in [0, 0.05) is 0 Å². The number of nitro benzene ring substituents is 2. The smallest absolute Gasteiger partial charge is 0.348 e. The second-order valence-corrected chi connectivity index (χ2v) is 2.83. The molecule has 96 valence electrons. The van der Waals surface area contributed by atoms with Gasteiger partial charge in [-0.15, -0.1) is 0 Å². The van der Waals surface area contributed by atoms with E-state index in [1.807, 2.05) is 0 Å². The SMILES string of the molecule is O=C(O)c1c(F)c([N+](=O)[O-])c(F)c([N+](=O)[O-])c1F. The molecule has 1 rings (SSSR count). The minimum atomic E-state index is -2.38. The van der Waals surface area contributed by atoms with Crippen LogP contribution in [0.25, 0.3) is 0 Å². The largest absolute Gasteiger partial charge is 0.477 e. The highest BCUT2D eigenvalue weighted by Crippen LogP contribution is 2.35. The first-order valence-corrected chi connectivity index (χ1v) is 3.92. The van der Waals surface area contributed by atoms with E-state index in [9.17, 15) is 38.2 Å². The van der Waals surface area contributed by atoms with Crippen LogP contribution in [0.3, 0.4) is 0 Å². The number of hydrogen-bond acceptors (Lipinski definition) is 5. The number of carbonyl (C=O) groups is 1. The molecular formula is C7HF3N2O6. The summed E-state index contributed by atoms with van der Waals surface area (Å²) < 4.78 is 39.6. The topological polar surface area (TPSA) is 124 Å². The average molecular weight is 266 g/mol. The summed E-state index contributed by atoms with van der Waals surface area (Å²) in [5.41, 5.74) is -6.16. The summed E-state index contributed by atoms with van der Waals surface area (Å²) in [7, 11) is 0. The molecule has 18 heavy (non-hydrogen) atoms. The minimum absolute atomic E-state index is 1.72. The minimum Gasteiger partial charge on any atom is -0.477 e. The number of benzene rings is 1. The maximum atomic E-state index is 13.2. The molecule has 11 heteroatoms. The van der Waals surface area contributed by atoms with Crippen LogP contribution in [0.15, 0.2) is 0 Å². The Bertz CT molecular complexity index is 485. The van der Waals surface area contributed by atoms with E-state index >= 15 is 0 Å². The average Bonchev–Trinajstić information content (AvgIpc) is 2.14. The molecule has 0 radical (unpaired) electrons. The molecule has 8 nitrogen and oxygen atoms in total. The van der Waals surface area contributed by atoms with Crippen molar-refractivity contribution in [1.82, 2.24) is 0 Å². The highest BCUT2D eigenvalue weighted by Gasteiger charge is 2.40. The van der Waals surface area contributed by atoms with Gasteiger partial charge in [-0.25, -0.2) is 4.79 Å². The number of aromatic carboxylic acids is 1. The molecule has 0 spiro atoms. The van der Waals surface area contributed by atoms with E-state index < -0.39 is 50.2 Å². The molecule has 0 atom stereocenters. The van der Waals surface area contributed by atoms with Gasteiger partial charge in [-0.05, 0) is 0 Å². The molecule has 0 heterocycles. The van der Waals surface area contributed by atoms with E-state index in [0.717, 1.165) is 0 Å². The molecule has 0 unspecified atom stereocenters. The number of nitrogens with zero attached hydrogens (tertiary/aromatic N) is 2. The van der Waals surface area contributed by atoms with Gasteiger partial charge in [-0.3, -0.25) is 20.2 Å². The standard InChI is InChI=1S/C7HF3N2O6/c8-2-1(7(13)14)3(9)6(12(17)18)4(10)5(2)11(15)16/h(H,13,14). The van der Waals surface area contributed by atoms with E-state index in [2.05, 4.69) is 0 Å². The quantitative estimate of drug-likeness (QED) is 0.654. The number of halogens is 3. The number of carboxylic acids is 1. The molecule has 1 aromatic rings. The molecule has 0 saturated heterocycles. The molecule has 0 aliphatic heterocycles. The van der Waals surface area contributed by atoms with Crippen molar-refractivity contribution in [2.75, 3.05) is 0 Å². The van der Waals surface area contributed by atoms with Gasteiger partial charge in [0.25, 0.3) is 5.82 Å². The van der Waals surface area contributed by atoms with Gasteiger partial charge >= 0.3 is 17.3 Å². The number of hydrogen-bond donors (Lipinski definition) is 1. The normalized spacial score (nSPS) is 10.2. The lowest BCUT2D eigenvalue weighted by molar-refractivity contribution is -0.402. The lowest BCUT2D eigenvalue weighted by Gasteiger charge is -2.03. The van der Waals surface area contributed by atoms with Crippen LogP contribution in [0.5, 0.6) is 0 Å². The molecule has 0 amide bonds. The van der Waals surface area contributed by atoms with Crippen molar-refractivity contribution in [3.8, 4) is 0 Å². The van der Waals surface area contributed by atoms with Gasteiger partial charge in [0.1, 0.15) is 5.56 Å². The number of rotatable bonds is 3. The predicted octanol–water partition coefficient (Wildman–Crippen LogP) is 1.62. The van der Waals surface area contributed by atoms with E-state index in [1.165, 1.54) is 0 Å². The van der Waals surface area contributed by atoms with Crippen molar-refractivity contribution in [3.63, 3.8) is 0 Å². The van der Waals surface area contributed by atoms with E-state index in [1.54, 1.807) is 0 Å². The summed E-state index contributed by atoms with van der Waals surface area (Å²) in [5, 5.41) is 29.0. The van der Waals surface area contributed by atoms with Gasteiger partial charge in [0.15, 0.2) is 0 Å². The Morgan fingerprint density at radius 3 is 1.50 bits per heavy atom. The molecule has 0 aliphatic rings. The lowest BCUT2D eigenvalue weighted by atomic mass is 10.1. The van der Waals surface area contributed by atoms with E-state index in [4.69, 9.17) is 5.11 Å². The van der Waals surface area contributed by atoms with Crippen LogP contribution in [0.4, 0.5) is 24.5 Å². The summed E-state index contributed by atoms with van der Waals surface area (Å²) in [6.45, 7) is 0. The zero-order valence-electron chi connectivity index (χ0n) is 8.02. The van der Waals surface area contributed by atoms with Gasteiger partial charge < -0.3 is 5.11 Å². The molecule has 1 N–H and O–H groups in total. The second kappa shape index (κ2) is 4.27. The Labute approximate surface area is 94.6 Å². The van der Waals surface area contributed by atoms with Crippen molar-refractivity contribution in [2.45, 2.75) is 0 Å². The number of carboxylic acid groups (broad SMARTS) is 1. The molecule has 0 aromatic heterocycles.